The van der Waals surface area contributed by atoms with Crippen molar-refractivity contribution in [3.8, 4) is 0 Å². The second-order valence-corrected chi connectivity index (χ2v) is 4.30. The number of rotatable bonds is 5. The van der Waals surface area contributed by atoms with Crippen LogP contribution < -0.4 is 11.1 Å². The molecular weight excluding hydrogens is 204 g/mol. The van der Waals surface area contributed by atoms with E-state index in [-0.39, 0.29) is 0 Å². The van der Waals surface area contributed by atoms with Crippen molar-refractivity contribution >= 4 is 5.82 Å². The van der Waals surface area contributed by atoms with Crippen LogP contribution in [0.1, 0.15) is 12.8 Å². The fourth-order valence-corrected chi connectivity index (χ4v) is 1.96. The summed E-state index contributed by atoms with van der Waals surface area (Å²) in [4.78, 5) is 3.98. The molecule has 5 heteroatoms. The van der Waals surface area contributed by atoms with Crippen molar-refractivity contribution < 1.29 is 4.74 Å². The Bertz CT molecular complexity index is 307. The number of nitrogens with two attached hydrogens (primary N) is 1. The Hall–Kier alpha value is -1.07. The molecule has 16 heavy (non-hydrogen) atoms. The summed E-state index contributed by atoms with van der Waals surface area (Å²) in [5.41, 5.74) is 5.53. The Balaban J connectivity index is 1.57. The minimum absolute atomic E-state index is 0.587. The third-order valence-corrected chi connectivity index (χ3v) is 2.97. The average Bonchev–Trinajstić information content (AvgIpc) is 2.72. The Kier molecular flexibility index (Phi) is 4.18. The molecule has 1 saturated heterocycles. The van der Waals surface area contributed by atoms with Crippen molar-refractivity contribution in [3.05, 3.63) is 12.5 Å². The van der Waals surface area contributed by atoms with Gasteiger partial charge in [-0.3, -0.25) is 0 Å². The second kappa shape index (κ2) is 5.86. The lowest BCUT2D eigenvalue weighted by Gasteiger charge is -2.22. The van der Waals surface area contributed by atoms with Gasteiger partial charge in [0.1, 0.15) is 5.82 Å². The van der Waals surface area contributed by atoms with E-state index in [2.05, 4.69) is 10.3 Å². The standard InChI is InChI=1S/C11H20N4O/c12-11-8-15(9-14-11)4-3-13-7-10-1-5-16-6-2-10/h8-10,13H,1-7,12H2. The van der Waals surface area contributed by atoms with Crippen LogP contribution in [0.2, 0.25) is 0 Å². The highest BCUT2D eigenvalue weighted by atomic mass is 16.5. The van der Waals surface area contributed by atoms with Gasteiger partial charge in [-0.15, -0.1) is 0 Å². The van der Waals surface area contributed by atoms with Gasteiger partial charge < -0.3 is 20.4 Å². The lowest BCUT2D eigenvalue weighted by atomic mass is 10.0. The van der Waals surface area contributed by atoms with Gasteiger partial charge in [0.15, 0.2) is 0 Å². The number of anilines is 1. The van der Waals surface area contributed by atoms with E-state index in [0.717, 1.165) is 38.8 Å². The van der Waals surface area contributed by atoms with E-state index in [0.29, 0.717) is 5.82 Å². The molecule has 5 nitrogen and oxygen atoms in total. The van der Waals surface area contributed by atoms with E-state index in [1.807, 2.05) is 10.8 Å². The monoisotopic (exact) mass is 224 g/mol. The molecule has 0 amide bonds. The zero-order valence-electron chi connectivity index (χ0n) is 9.56. The van der Waals surface area contributed by atoms with E-state index < -0.39 is 0 Å². The molecule has 0 aliphatic carbocycles. The number of hydrogen-bond acceptors (Lipinski definition) is 4. The largest absolute Gasteiger partial charge is 0.382 e. The normalized spacial score (nSPS) is 17.8. The maximum atomic E-state index is 5.53. The Morgan fingerprint density at radius 3 is 3.00 bits per heavy atom. The minimum atomic E-state index is 0.587. The van der Waals surface area contributed by atoms with Crippen LogP contribution in [0.15, 0.2) is 12.5 Å². The molecular formula is C11H20N4O. The SMILES string of the molecule is Nc1cn(CCNCC2CCOCC2)cn1. The first-order valence-electron chi connectivity index (χ1n) is 5.90. The second-order valence-electron chi connectivity index (χ2n) is 4.30. The van der Waals surface area contributed by atoms with Gasteiger partial charge in [-0.1, -0.05) is 0 Å². The molecule has 0 aromatic carbocycles. The summed E-state index contributed by atoms with van der Waals surface area (Å²) in [5.74, 6) is 1.37. The van der Waals surface area contributed by atoms with Crippen LogP contribution in [0.4, 0.5) is 5.82 Å². The quantitative estimate of drug-likeness (QED) is 0.714. The third kappa shape index (κ3) is 3.50. The topological polar surface area (TPSA) is 65.1 Å². The van der Waals surface area contributed by atoms with Gasteiger partial charge in [-0.05, 0) is 25.3 Å². The average molecular weight is 224 g/mol. The molecule has 0 atom stereocenters. The first-order valence-corrected chi connectivity index (χ1v) is 5.90. The number of aromatic nitrogens is 2. The molecule has 0 radical (unpaired) electrons. The van der Waals surface area contributed by atoms with Crippen LogP contribution in [0.5, 0.6) is 0 Å². The molecule has 3 N–H and O–H groups in total. The van der Waals surface area contributed by atoms with Crippen LogP contribution in [0, 0.1) is 5.92 Å². The van der Waals surface area contributed by atoms with Crippen molar-refractivity contribution in [2.24, 2.45) is 5.92 Å². The Morgan fingerprint density at radius 1 is 1.50 bits per heavy atom. The Labute approximate surface area is 96.0 Å². The molecule has 1 fully saturated rings. The van der Waals surface area contributed by atoms with Crippen LogP contribution in [0.25, 0.3) is 0 Å². The van der Waals surface area contributed by atoms with Crippen LogP contribution >= 0.6 is 0 Å². The highest BCUT2D eigenvalue weighted by Crippen LogP contribution is 2.12. The number of ether oxygens (including phenoxy) is 1. The molecule has 1 aliphatic rings. The van der Waals surface area contributed by atoms with Crippen LogP contribution in [-0.4, -0.2) is 35.9 Å². The minimum Gasteiger partial charge on any atom is -0.382 e. The van der Waals surface area contributed by atoms with Crippen molar-refractivity contribution in [2.75, 3.05) is 32.0 Å². The fourth-order valence-electron chi connectivity index (χ4n) is 1.96. The van der Waals surface area contributed by atoms with E-state index >= 15 is 0 Å². The van der Waals surface area contributed by atoms with Crippen molar-refractivity contribution in [2.45, 2.75) is 19.4 Å². The highest BCUT2D eigenvalue weighted by molar-refractivity contribution is 5.22. The van der Waals surface area contributed by atoms with Gasteiger partial charge in [-0.25, -0.2) is 4.98 Å². The molecule has 0 saturated carbocycles. The van der Waals surface area contributed by atoms with E-state index in [9.17, 15) is 0 Å². The number of nitrogens with zero attached hydrogens (tertiary/aromatic N) is 2. The summed E-state index contributed by atoms with van der Waals surface area (Å²) in [6.07, 6.45) is 6.00. The summed E-state index contributed by atoms with van der Waals surface area (Å²) in [6.45, 7) is 4.82. The van der Waals surface area contributed by atoms with Gasteiger partial charge in [-0.2, -0.15) is 0 Å². The molecule has 1 aliphatic heterocycles. The lowest BCUT2D eigenvalue weighted by molar-refractivity contribution is 0.0663. The number of nitrogens with one attached hydrogen (secondary N) is 1. The van der Waals surface area contributed by atoms with Crippen molar-refractivity contribution in [1.29, 1.82) is 0 Å². The van der Waals surface area contributed by atoms with E-state index in [1.165, 1.54) is 12.8 Å². The molecule has 0 bridgehead atoms. The summed E-state index contributed by atoms with van der Waals surface area (Å²) >= 11 is 0. The van der Waals surface area contributed by atoms with Gasteiger partial charge in [0.05, 0.1) is 6.33 Å². The molecule has 1 aromatic rings. The van der Waals surface area contributed by atoms with Gasteiger partial charge in [0.2, 0.25) is 0 Å². The zero-order chi connectivity index (χ0) is 11.2. The molecule has 2 heterocycles. The molecule has 0 unspecified atom stereocenters. The zero-order valence-corrected chi connectivity index (χ0v) is 9.56. The first-order chi connectivity index (χ1) is 7.84. The van der Waals surface area contributed by atoms with Crippen molar-refractivity contribution in [3.63, 3.8) is 0 Å². The number of imidazole rings is 1. The first kappa shape index (κ1) is 11.4. The van der Waals surface area contributed by atoms with Gasteiger partial charge in [0, 0.05) is 32.5 Å². The maximum absolute atomic E-state index is 5.53. The number of nitrogen functional groups attached to an aromatic ring is 1. The van der Waals surface area contributed by atoms with Gasteiger partial charge >= 0.3 is 0 Å². The van der Waals surface area contributed by atoms with Crippen LogP contribution in [0.3, 0.4) is 0 Å². The molecule has 0 spiro atoms. The van der Waals surface area contributed by atoms with Crippen molar-refractivity contribution in [1.82, 2.24) is 14.9 Å². The fraction of sp³-hybridized carbons (Fsp3) is 0.727. The Morgan fingerprint density at radius 2 is 2.31 bits per heavy atom. The summed E-state index contributed by atoms with van der Waals surface area (Å²) in [5, 5.41) is 3.47. The predicted octanol–water partition coefficient (Wildman–Crippen LogP) is 0.481. The molecule has 1 aromatic heterocycles. The summed E-state index contributed by atoms with van der Waals surface area (Å²) in [7, 11) is 0. The molecule has 90 valence electrons. The van der Waals surface area contributed by atoms with E-state index in [1.54, 1.807) is 6.33 Å². The van der Waals surface area contributed by atoms with Gasteiger partial charge in [0.25, 0.3) is 0 Å². The highest BCUT2D eigenvalue weighted by Gasteiger charge is 2.12. The molecule has 2 rings (SSSR count). The van der Waals surface area contributed by atoms with Crippen LogP contribution in [-0.2, 0) is 11.3 Å². The lowest BCUT2D eigenvalue weighted by Crippen LogP contribution is -2.29. The number of hydrogen-bond donors (Lipinski definition) is 2. The smallest absolute Gasteiger partial charge is 0.141 e. The maximum Gasteiger partial charge on any atom is 0.141 e. The third-order valence-electron chi connectivity index (χ3n) is 2.97. The van der Waals surface area contributed by atoms with E-state index in [4.69, 9.17) is 10.5 Å². The summed E-state index contributed by atoms with van der Waals surface area (Å²) < 4.78 is 7.33. The predicted molar refractivity (Wildman–Crippen MR) is 63.1 cm³/mol. The summed E-state index contributed by atoms with van der Waals surface area (Å²) in [6, 6.07) is 0.